The Hall–Kier alpha value is -1.10. The van der Waals surface area contributed by atoms with E-state index in [1.54, 1.807) is 0 Å². The summed E-state index contributed by atoms with van der Waals surface area (Å²) in [4.78, 5) is 0. The monoisotopic (exact) mass is 266 g/mol. The molecular weight excluding hydrogens is 240 g/mol. The van der Waals surface area contributed by atoms with E-state index in [0.29, 0.717) is 36.3 Å². The Labute approximate surface area is 115 Å². The first kappa shape index (κ1) is 14.3. The van der Waals surface area contributed by atoms with Crippen LogP contribution in [0.15, 0.2) is 4.42 Å². The van der Waals surface area contributed by atoms with Gasteiger partial charge < -0.3 is 15.1 Å². The van der Waals surface area contributed by atoms with Crippen molar-refractivity contribution < 1.29 is 4.42 Å². The van der Waals surface area contributed by atoms with E-state index in [2.05, 4.69) is 41.6 Å². The fraction of sp³-hybridized carbons (Fsp3) is 0.857. The molecule has 1 heterocycles. The van der Waals surface area contributed by atoms with Gasteiger partial charge in [0.2, 0.25) is 5.89 Å². The molecule has 1 aliphatic rings. The normalized spacial score (nSPS) is 23.8. The summed E-state index contributed by atoms with van der Waals surface area (Å²) in [5.41, 5.74) is 0. The van der Waals surface area contributed by atoms with Gasteiger partial charge in [0.1, 0.15) is 0 Å². The third kappa shape index (κ3) is 3.93. The van der Waals surface area contributed by atoms with Crippen molar-refractivity contribution in [3.8, 4) is 0 Å². The van der Waals surface area contributed by atoms with Gasteiger partial charge in [0, 0.05) is 6.04 Å². The largest absolute Gasteiger partial charge is 0.407 e. The SMILES string of the molecule is CCNCc1nnc(NC2CCCCC2C(C)C)o1. The zero-order chi connectivity index (χ0) is 13.7. The van der Waals surface area contributed by atoms with Gasteiger partial charge >= 0.3 is 6.01 Å². The molecule has 5 nitrogen and oxygen atoms in total. The van der Waals surface area contributed by atoms with Crippen molar-refractivity contribution in [2.24, 2.45) is 11.8 Å². The van der Waals surface area contributed by atoms with Crippen LogP contribution in [0.25, 0.3) is 0 Å². The molecule has 1 saturated carbocycles. The van der Waals surface area contributed by atoms with Crippen LogP contribution in [0, 0.1) is 11.8 Å². The highest BCUT2D eigenvalue weighted by Gasteiger charge is 2.28. The van der Waals surface area contributed by atoms with E-state index in [9.17, 15) is 0 Å². The number of nitrogens with one attached hydrogen (secondary N) is 2. The highest BCUT2D eigenvalue weighted by molar-refractivity contribution is 5.20. The number of hydrogen-bond acceptors (Lipinski definition) is 5. The molecule has 2 unspecified atom stereocenters. The minimum atomic E-state index is 0.473. The second-order valence-corrected chi connectivity index (χ2v) is 5.72. The zero-order valence-electron chi connectivity index (χ0n) is 12.3. The van der Waals surface area contributed by atoms with E-state index in [4.69, 9.17) is 4.42 Å². The van der Waals surface area contributed by atoms with Gasteiger partial charge in [0.05, 0.1) is 6.54 Å². The highest BCUT2D eigenvalue weighted by atomic mass is 16.4. The van der Waals surface area contributed by atoms with E-state index < -0.39 is 0 Å². The Kier molecular flexibility index (Phi) is 5.19. The molecule has 108 valence electrons. The van der Waals surface area contributed by atoms with Crippen LogP contribution in [0.1, 0.15) is 52.3 Å². The molecule has 0 spiro atoms. The Morgan fingerprint density at radius 1 is 1.26 bits per heavy atom. The summed E-state index contributed by atoms with van der Waals surface area (Å²) in [7, 11) is 0. The number of rotatable bonds is 6. The van der Waals surface area contributed by atoms with Gasteiger partial charge in [-0.05, 0) is 31.2 Å². The van der Waals surface area contributed by atoms with Crippen LogP contribution in [0.2, 0.25) is 0 Å². The molecule has 1 fully saturated rings. The maximum Gasteiger partial charge on any atom is 0.315 e. The van der Waals surface area contributed by atoms with Crippen LogP contribution in [0.5, 0.6) is 0 Å². The molecule has 1 aromatic heterocycles. The highest BCUT2D eigenvalue weighted by Crippen LogP contribution is 2.32. The molecule has 5 heteroatoms. The van der Waals surface area contributed by atoms with E-state index in [1.165, 1.54) is 25.7 Å². The zero-order valence-corrected chi connectivity index (χ0v) is 12.3. The van der Waals surface area contributed by atoms with Gasteiger partial charge in [-0.25, -0.2) is 0 Å². The second-order valence-electron chi connectivity index (χ2n) is 5.72. The summed E-state index contributed by atoms with van der Waals surface area (Å²) in [6.07, 6.45) is 5.14. The minimum absolute atomic E-state index is 0.473. The topological polar surface area (TPSA) is 63.0 Å². The summed E-state index contributed by atoms with van der Waals surface area (Å²) < 4.78 is 5.62. The Morgan fingerprint density at radius 2 is 2.05 bits per heavy atom. The fourth-order valence-corrected chi connectivity index (χ4v) is 2.91. The van der Waals surface area contributed by atoms with Gasteiger partial charge in [-0.1, -0.05) is 38.7 Å². The summed E-state index contributed by atoms with van der Waals surface area (Å²) in [5.74, 6) is 2.06. The maximum atomic E-state index is 5.62. The van der Waals surface area contributed by atoms with E-state index in [0.717, 1.165) is 6.54 Å². The average molecular weight is 266 g/mol. The van der Waals surface area contributed by atoms with Crippen molar-refractivity contribution >= 4 is 6.01 Å². The lowest BCUT2D eigenvalue weighted by Gasteiger charge is -2.34. The molecule has 19 heavy (non-hydrogen) atoms. The molecule has 0 bridgehead atoms. The van der Waals surface area contributed by atoms with Crippen molar-refractivity contribution in [2.45, 2.75) is 59.0 Å². The third-order valence-corrected chi connectivity index (χ3v) is 3.98. The molecule has 2 N–H and O–H groups in total. The molecule has 2 atom stereocenters. The maximum absolute atomic E-state index is 5.62. The summed E-state index contributed by atoms with van der Waals surface area (Å²) in [6, 6.07) is 1.05. The lowest BCUT2D eigenvalue weighted by molar-refractivity contribution is 0.250. The number of hydrogen-bond donors (Lipinski definition) is 2. The van der Waals surface area contributed by atoms with Crippen molar-refractivity contribution in [1.82, 2.24) is 15.5 Å². The van der Waals surface area contributed by atoms with Crippen LogP contribution in [-0.4, -0.2) is 22.8 Å². The Balaban J connectivity index is 1.93. The second kappa shape index (κ2) is 6.89. The first-order valence-electron chi connectivity index (χ1n) is 7.50. The number of anilines is 1. The van der Waals surface area contributed by atoms with Gasteiger partial charge in [-0.3, -0.25) is 0 Å². The summed E-state index contributed by atoms with van der Waals surface area (Å²) in [5, 5.41) is 14.8. The van der Waals surface area contributed by atoms with Crippen molar-refractivity contribution in [2.75, 3.05) is 11.9 Å². The minimum Gasteiger partial charge on any atom is -0.407 e. The van der Waals surface area contributed by atoms with E-state index in [1.807, 2.05) is 0 Å². The quantitative estimate of drug-likeness (QED) is 0.829. The molecular formula is C14H26N4O. The van der Waals surface area contributed by atoms with Crippen molar-refractivity contribution in [3.05, 3.63) is 5.89 Å². The van der Waals surface area contributed by atoms with Gasteiger partial charge in [-0.15, -0.1) is 5.10 Å². The Bertz CT molecular complexity index is 377. The van der Waals surface area contributed by atoms with Gasteiger partial charge in [-0.2, -0.15) is 0 Å². The first-order valence-corrected chi connectivity index (χ1v) is 7.50. The molecule has 0 amide bonds. The number of aromatic nitrogens is 2. The van der Waals surface area contributed by atoms with Crippen LogP contribution >= 0.6 is 0 Å². The fourth-order valence-electron chi connectivity index (χ4n) is 2.91. The van der Waals surface area contributed by atoms with Crippen LogP contribution < -0.4 is 10.6 Å². The number of nitrogens with zero attached hydrogens (tertiary/aromatic N) is 2. The summed E-state index contributed by atoms with van der Waals surface area (Å²) >= 11 is 0. The van der Waals surface area contributed by atoms with Crippen LogP contribution in [-0.2, 0) is 6.54 Å². The summed E-state index contributed by atoms with van der Waals surface area (Å²) in [6.45, 7) is 8.21. The molecule has 0 aliphatic heterocycles. The first-order chi connectivity index (χ1) is 9.20. The Morgan fingerprint density at radius 3 is 2.79 bits per heavy atom. The van der Waals surface area contributed by atoms with Crippen LogP contribution in [0.4, 0.5) is 6.01 Å². The van der Waals surface area contributed by atoms with E-state index in [-0.39, 0.29) is 0 Å². The predicted molar refractivity (Wildman–Crippen MR) is 75.9 cm³/mol. The molecule has 1 aromatic rings. The van der Waals surface area contributed by atoms with Gasteiger partial charge in [0.25, 0.3) is 0 Å². The lowest BCUT2D eigenvalue weighted by atomic mass is 9.78. The van der Waals surface area contributed by atoms with Gasteiger partial charge in [0.15, 0.2) is 0 Å². The predicted octanol–water partition coefficient (Wildman–Crippen LogP) is 2.81. The third-order valence-electron chi connectivity index (χ3n) is 3.98. The standard InChI is InChI=1S/C14H26N4O/c1-4-15-9-13-17-18-14(19-13)16-12-8-6-5-7-11(12)10(2)3/h10-12,15H,4-9H2,1-3H3,(H,16,18). The molecule has 0 radical (unpaired) electrons. The smallest absolute Gasteiger partial charge is 0.315 e. The van der Waals surface area contributed by atoms with Crippen LogP contribution in [0.3, 0.4) is 0 Å². The molecule has 1 aliphatic carbocycles. The van der Waals surface area contributed by atoms with E-state index >= 15 is 0 Å². The molecule has 2 rings (SSSR count). The van der Waals surface area contributed by atoms with Crippen molar-refractivity contribution in [3.63, 3.8) is 0 Å². The molecule has 0 aromatic carbocycles. The lowest BCUT2D eigenvalue weighted by Crippen LogP contribution is -2.35. The average Bonchev–Trinajstić information content (AvgIpc) is 2.84. The molecule has 0 saturated heterocycles. The van der Waals surface area contributed by atoms with Crippen molar-refractivity contribution in [1.29, 1.82) is 0 Å².